The number of carbonyl (C=O) groups is 2. The molecule has 1 aliphatic rings. The van der Waals surface area contributed by atoms with Crippen LogP contribution in [0.25, 0.3) is 0 Å². The van der Waals surface area contributed by atoms with Crippen molar-refractivity contribution in [1.29, 1.82) is 0 Å². The van der Waals surface area contributed by atoms with E-state index in [1.54, 1.807) is 0 Å². The first kappa shape index (κ1) is 14.1. The minimum Gasteiger partial charge on any atom is -0.480 e. The molecule has 0 unspecified atom stereocenters. The molecule has 2 amide bonds. The Morgan fingerprint density at radius 1 is 1.40 bits per heavy atom. The summed E-state index contributed by atoms with van der Waals surface area (Å²) in [7, 11) is 0. The van der Waals surface area contributed by atoms with Crippen molar-refractivity contribution in [3.63, 3.8) is 0 Å². The summed E-state index contributed by atoms with van der Waals surface area (Å²) in [5, 5.41) is 22.0. The molecule has 1 heterocycles. The third-order valence-corrected chi connectivity index (χ3v) is 3.77. The van der Waals surface area contributed by atoms with Crippen molar-refractivity contribution in [3.05, 3.63) is 34.4 Å². The zero-order valence-corrected chi connectivity index (χ0v) is 11.0. The molecule has 20 heavy (non-hydrogen) atoms. The highest BCUT2D eigenvalue weighted by molar-refractivity contribution is 7.99. The number of benzene rings is 1. The van der Waals surface area contributed by atoms with E-state index < -0.39 is 23.0 Å². The van der Waals surface area contributed by atoms with Crippen LogP contribution in [0.2, 0.25) is 0 Å². The fraction of sp³-hybridized carbons (Fsp3) is 0.273. The smallest absolute Gasteiger partial charge is 0.327 e. The molecular weight excluding hydrogens is 286 g/mol. The van der Waals surface area contributed by atoms with E-state index in [0.29, 0.717) is 17.3 Å². The average molecular weight is 297 g/mol. The Balaban J connectivity index is 2.04. The second-order valence-corrected chi connectivity index (χ2v) is 5.06. The van der Waals surface area contributed by atoms with Crippen molar-refractivity contribution in [2.75, 3.05) is 16.9 Å². The highest BCUT2D eigenvalue weighted by Crippen LogP contribution is 2.22. The molecule has 1 fully saturated rings. The molecule has 0 saturated carbocycles. The number of non-ortho nitro benzene ring substituents is 1. The fourth-order valence-corrected chi connectivity index (χ4v) is 2.85. The number of hydrogen-bond acceptors (Lipinski definition) is 5. The molecular formula is C11H11N3O5S. The van der Waals surface area contributed by atoms with Crippen molar-refractivity contribution in [2.45, 2.75) is 6.04 Å². The molecule has 1 saturated heterocycles. The van der Waals surface area contributed by atoms with Gasteiger partial charge in [0.1, 0.15) is 6.04 Å². The third-order valence-electron chi connectivity index (χ3n) is 2.76. The van der Waals surface area contributed by atoms with Gasteiger partial charge in [0.25, 0.3) is 5.69 Å². The average Bonchev–Trinajstić information content (AvgIpc) is 2.88. The van der Waals surface area contributed by atoms with E-state index in [-0.39, 0.29) is 5.69 Å². The summed E-state index contributed by atoms with van der Waals surface area (Å²) in [5.41, 5.74) is 0.296. The lowest BCUT2D eigenvalue weighted by atomic mass is 10.3. The molecule has 0 aliphatic carbocycles. The van der Waals surface area contributed by atoms with E-state index in [0.717, 1.165) is 0 Å². The Morgan fingerprint density at radius 3 is 2.60 bits per heavy atom. The van der Waals surface area contributed by atoms with Crippen molar-refractivity contribution in [1.82, 2.24) is 4.90 Å². The van der Waals surface area contributed by atoms with Crippen LogP contribution in [0.3, 0.4) is 0 Å². The SMILES string of the molecule is O=C(O)[C@@H]1CSCN1C(=O)Nc1ccc([N+](=O)[O-])cc1. The Hall–Kier alpha value is -2.29. The number of thioether (sulfide) groups is 1. The summed E-state index contributed by atoms with van der Waals surface area (Å²) in [6.45, 7) is 0. The molecule has 9 heteroatoms. The molecule has 1 atom stereocenters. The van der Waals surface area contributed by atoms with Gasteiger partial charge in [-0.1, -0.05) is 0 Å². The summed E-state index contributed by atoms with van der Waals surface area (Å²) in [6, 6.07) is 3.95. The summed E-state index contributed by atoms with van der Waals surface area (Å²) >= 11 is 1.36. The summed E-state index contributed by atoms with van der Waals surface area (Å²) in [6.07, 6.45) is 0. The fourth-order valence-electron chi connectivity index (χ4n) is 1.71. The molecule has 0 radical (unpaired) electrons. The van der Waals surface area contributed by atoms with Crippen molar-refractivity contribution < 1.29 is 19.6 Å². The van der Waals surface area contributed by atoms with Crippen LogP contribution in [0.1, 0.15) is 0 Å². The number of urea groups is 1. The first-order valence-electron chi connectivity index (χ1n) is 5.61. The van der Waals surface area contributed by atoms with E-state index in [1.165, 1.54) is 40.9 Å². The first-order valence-corrected chi connectivity index (χ1v) is 6.77. The van der Waals surface area contributed by atoms with E-state index >= 15 is 0 Å². The zero-order chi connectivity index (χ0) is 14.7. The molecule has 1 aromatic carbocycles. The number of nitrogens with zero attached hydrogens (tertiary/aromatic N) is 2. The molecule has 106 valence electrons. The number of nitrogens with one attached hydrogen (secondary N) is 1. The number of carbonyl (C=O) groups excluding carboxylic acids is 1. The monoisotopic (exact) mass is 297 g/mol. The second-order valence-electron chi connectivity index (χ2n) is 4.06. The Morgan fingerprint density at radius 2 is 2.05 bits per heavy atom. The minimum absolute atomic E-state index is 0.0804. The van der Waals surface area contributed by atoms with Crippen LogP contribution in [0, 0.1) is 10.1 Å². The highest BCUT2D eigenvalue weighted by Gasteiger charge is 2.34. The van der Waals surface area contributed by atoms with Crippen LogP contribution in [0.5, 0.6) is 0 Å². The van der Waals surface area contributed by atoms with Gasteiger partial charge >= 0.3 is 12.0 Å². The number of carboxylic acid groups (broad SMARTS) is 1. The third kappa shape index (κ3) is 2.99. The molecule has 2 rings (SSSR count). The van der Waals surface area contributed by atoms with Crippen LogP contribution in [0.4, 0.5) is 16.2 Å². The molecule has 8 nitrogen and oxygen atoms in total. The van der Waals surface area contributed by atoms with Gasteiger partial charge in [-0.15, -0.1) is 11.8 Å². The predicted molar refractivity (Wildman–Crippen MR) is 72.7 cm³/mol. The van der Waals surface area contributed by atoms with Crippen molar-refractivity contribution in [2.24, 2.45) is 0 Å². The maximum atomic E-state index is 12.0. The first-order chi connectivity index (χ1) is 9.49. The molecule has 0 spiro atoms. The lowest BCUT2D eigenvalue weighted by Gasteiger charge is -2.20. The number of nitro benzene ring substituents is 1. The van der Waals surface area contributed by atoms with Crippen molar-refractivity contribution in [3.8, 4) is 0 Å². The maximum Gasteiger partial charge on any atom is 0.327 e. The van der Waals surface area contributed by atoms with Gasteiger partial charge in [-0.3, -0.25) is 10.1 Å². The molecule has 1 aliphatic heterocycles. The van der Waals surface area contributed by atoms with Crippen LogP contribution in [0.15, 0.2) is 24.3 Å². The largest absolute Gasteiger partial charge is 0.480 e. The van der Waals surface area contributed by atoms with Gasteiger partial charge in [0.15, 0.2) is 0 Å². The van der Waals surface area contributed by atoms with E-state index in [4.69, 9.17) is 5.11 Å². The number of carboxylic acids is 1. The van der Waals surface area contributed by atoms with Gasteiger partial charge < -0.3 is 15.3 Å². The van der Waals surface area contributed by atoms with Gasteiger partial charge in [-0.2, -0.15) is 0 Å². The Bertz CT molecular complexity index is 547. The molecule has 2 N–H and O–H groups in total. The van der Waals surface area contributed by atoms with Gasteiger partial charge in [-0.25, -0.2) is 9.59 Å². The summed E-state index contributed by atoms with van der Waals surface area (Å²) in [4.78, 5) is 34.1. The number of aliphatic carboxylic acids is 1. The standard InChI is InChI=1S/C11H11N3O5S/c15-10(16)9-5-20-6-13(9)11(17)12-7-1-3-8(4-2-7)14(18)19/h1-4,9H,5-6H2,(H,12,17)(H,15,16)/t9-/m0/s1. The number of rotatable bonds is 3. The summed E-state index contributed by atoms with van der Waals surface area (Å²) in [5.74, 6) is -0.396. The Kier molecular flexibility index (Phi) is 4.08. The van der Waals surface area contributed by atoms with Crippen molar-refractivity contribution >= 4 is 35.1 Å². The molecule has 0 bridgehead atoms. The number of hydrogen-bond donors (Lipinski definition) is 2. The van der Waals surface area contributed by atoms with Gasteiger partial charge in [-0.05, 0) is 12.1 Å². The topological polar surface area (TPSA) is 113 Å². The lowest BCUT2D eigenvalue weighted by molar-refractivity contribution is -0.384. The summed E-state index contributed by atoms with van der Waals surface area (Å²) < 4.78 is 0. The van der Waals surface area contributed by atoms with E-state index in [1.807, 2.05) is 0 Å². The molecule has 0 aromatic heterocycles. The minimum atomic E-state index is -1.05. The van der Waals surface area contributed by atoms with Crippen LogP contribution in [-0.4, -0.2) is 44.6 Å². The highest BCUT2D eigenvalue weighted by atomic mass is 32.2. The van der Waals surface area contributed by atoms with E-state index in [9.17, 15) is 19.7 Å². The second kappa shape index (κ2) is 5.78. The van der Waals surface area contributed by atoms with Crippen LogP contribution >= 0.6 is 11.8 Å². The lowest BCUT2D eigenvalue weighted by Crippen LogP contribution is -2.43. The van der Waals surface area contributed by atoms with Gasteiger partial charge in [0.05, 0.1) is 10.8 Å². The quantitative estimate of drug-likeness (QED) is 0.647. The van der Waals surface area contributed by atoms with Gasteiger partial charge in [0, 0.05) is 23.6 Å². The van der Waals surface area contributed by atoms with E-state index in [2.05, 4.69) is 5.32 Å². The predicted octanol–water partition coefficient (Wildman–Crippen LogP) is 1.59. The number of anilines is 1. The number of amides is 2. The maximum absolute atomic E-state index is 12.0. The zero-order valence-electron chi connectivity index (χ0n) is 10.2. The van der Waals surface area contributed by atoms with Gasteiger partial charge in [0.2, 0.25) is 0 Å². The number of nitro groups is 1. The van der Waals surface area contributed by atoms with Crippen LogP contribution < -0.4 is 5.32 Å². The normalized spacial score (nSPS) is 17.8. The van der Waals surface area contributed by atoms with Crippen LogP contribution in [-0.2, 0) is 4.79 Å². The molecule has 1 aromatic rings. The Labute approximate surface area is 117 Å².